The predicted octanol–water partition coefficient (Wildman–Crippen LogP) is 2.33. The normalized spacial score (nSPS) is 28.7. The third kappa shape index (κ3) is 1.80. The molecular formula is C12H20O3. The highest BCUT2D eigenvalue weighted by atomic mass is 16.5. The molecule has 0 aromatic rings. The van der Waals surface area contributed by atoms with Crippen LogP contribution < -0.4 is 0 Å². The van der Waals surface area contributed by atoms with E-state index in [4.69, 9.17) is 4.74 Å². The van der Waals surface area contributed by atoms with E-state index in [9.17, 15) is 9.59 Å². The Kier molecular flexibility index (Phi) is 2.94. The number of ketones is 1. The van der Waals surface area contributed by atoms with Gasteiger partial charge in [-0.2, -0.15) is 0 Å². The van der Waals surface area contributed by atoms with Crippen LogP contribution in [0.25, 0.3) is 0 Å². The van der Waals surface area contributed by atoms with Crippen LogP contribution in [0.2, 0.25) is 0 Å². The van der Waals surface area contributed by atoms with Crippen molar-refractivity contribution in [3.8, 4) is 0 Å². The molecule has 0 aliphatic carbocycles. The van der Waals surface area contributed by atoms with Gasteiger partial charge in [-0.15, -0.1) is 0 Å². The largest absolute Gasteiger partial charge is 0.461 e. The molecule has 0 amide bonds. The minimum absolute atomic E-state index is 0.00954. The zero-order valence-electron chi connectivity index (χ0n) is 10.2. The van der Waals surface area contributed by atoms with Gasteiger partial charge in [-0.1, -0.05) is 13.3 Å². The molecule has 0 aromatic heterocycles. The second-order valence-corrected chi connectivity index (χ2v) is 5.36. The van der Waals surface area contributed by atoms with Gasteiger partial charge in [0.05, 0.1) is 5.41 Å². The van der Waals surface area contributed by atoms with Crippen LogP contribution in [-0.2, 0) is 14.3 Å². The quantitative estimate of drug-likeness (QED) is 0.521. The van der Waals surface area contributed by atoms with E-state index in [1.54, 1.807) is 13.8 Å². The number of esters is 1. The zero-order valence-corrected chi connectivity index (χ0v) is 10.2. The van der Waals surface area contributed by atoms with Crippen molar-refractivity contribution < 1.29 is 14.3 Å². The highest BCUT2D eigenvalue weighted by Crippen LogP contribution is 2.41. The smallest absolute Gasteiger partial charge is 0.319 e. The SMILES string of the molecule is CCCC1OC(=O)C(C)(C)C(=O)C1(C)C. The zero-order chi connectivity index (χ0) is 11.9. The van der Waals surface area contributed by atoms with Gasteiger partial charge in [0.1, 0.15) is 11.5 Å². The van der Waals surface area contributed by atoms with E-state index in [2.05, 4.69) is 0 Å². The molecule has 3 nitrogen and oxygen atoms in total. The van der Waals surface area contributed by atoms with Crippen molar-refractivity contribution in [2.45, 2.75) is 53.6 Å². The molecule has 1 atom stereocenters. The number of carbonyl (C=O) groups is 2. The Balaban J connectivity index is 3.02. The van der Waals surface area contributed by atoms with Gasteiger partial charge in [-0.25, -0.2) is 0 Å². The van der Waals surface area contributed by atoms with Crippen molar-refractivity contribution in [1.29, 1.82) is 0 Å². The van der Waals surface area contributed by atoms with Crippen LogP contribution in [0, 0.1) is 10.8 Å². The molecular weight excluding hydrogens is 192 g/mol. The van der Waals surface area contributed by atoms with Gasteiger partial charge < -0.3 is 4.74 Å². The van der Waals surface area contributed by atoms with Crippen molar-refractivity contribution in [3.05, 3.63) is 0 Å². The Morgan fingerprint density at radius 2 is 1.73 bits per heavy atom. The Morgan fingerprint density at radius 3 is 2.20 bits per heavy atom. The monoisotopic (exact) mass is 212 g/mol. The molecule has 1 saturated heterocycles. The van der Waals surface area contributed by atoms with Gasteiger partial charge in [0.2, 0.25) is 0 Å². The molecule has 86 valence electrons. The summed E-state index contributed by atoms with van der Waals surface area (Å²) in [7, 11) is 0. The molecule has 0 aromatic carbocycles. The van der Waals surface area contributed by atoms with Gasteiger partial charge in [0.15, 0.2) is 5.78 Å². The average Bonchev–Trinajstić information content (AvgIpc) is 2.13. The van der Waals surface area contributed by atoms with Crippen molar-refractivity contribution in [3.63, 3.8) is 0 Å². The fourth-order valence-electron chi connectivity index (χ4n) is 2.15. The summed E-state index contributed by atoms with van der Waals surface area (Å²) in [6.07, 6.45) is 1.39. The van der Waals surface area contributed by atoms with Crippen molar-refractivity contribution in [1.82, 2.24) is 0 Å². The Bertz CT molecular complexity index is 289. The summed E-state index contributed by atoms with van der Waals surface area (Å²) >= 11 is 0. The highest BCUT2D eigenvalue weighted by molar-refractivity contribution is 6.07. The van der Waals surface area contributed by atoms with Gasteiger partial charge >= 0.3 is 5.97 Å². The minimum atomic E-state index is -0.992. The number of hydrogen-bond donors (Lipinski definition) is 0. The molecule has 1 aliphatic rings. The van der Waals surface area contributed by atoms with E-state index in [0.717, 1.165) is 12.8 Å². The summed E-state index contributed by atoms with van der Waals surface area (Å²) in [5.74, 6) is -0.394. The molecule has 0 spiro atoms. The summed E-state index contributed by atoms with van der Waals surface area (Å²) in [4.78, 5) is 23.8. The second-order valence-electron chi connectivity index (χ2n) is 5.36. The van der Waals surface area contributed by atoms with E-state index in [1.165, 1.54) is 0 Å². The maximum atomic E-state index is 12.2. The lowest BCUT2D eigenvalue weighted by atomic mass is 9.67. The molecule has 15 heavy (non-hydrogen) atoms. The van der Waals surface area contributed by atoms with Gasteiger partial charge in [0, 0.05) is 0 Å². The summed E-state index contributed by atoms with van der Waals surface area (Å²) < 4.78 is 5.37. The molecule has 0 N–H and O–H groups in total. The third-order valence-electron chi connectivity index (χ3n) is 3.27. The van der Waals surface area contributed by atoms with Crippen molar-refractivity contribution in [2.24, 2.45) is 10.8 Å². The topological polar surface area (TPSA) is 43.4 Å². The van der Waals surface area contributed by atoms with Crippen molar-refractivity contribution in [2.75, 3.05) is 0 Å². The van der Waals surface area contributed by atoms with Gasteiger partial charge in [-0.05, 0) is 34.1 Å². The van der Waals surface area contributed by atoms with E-state index < -0.39 is 10.8 Å². The number of carbonyl (C=O) groups excluding carboxylic acids is 2. The van der Waals surface area contributed by atoms with Crippen molar-refractivity contribution >= 4 is 11.8 Å². The standard InChI is InChI=1S/C12H20O3/c1-6-7-8-11(2,3)9(13)12(4,5)10(14)15-8/h8H,6-7H2,1-5H3. The van der Waals surface area contributed by atoms with E-state index >= 15 is 0 Å². The fourth-order valence-corrected chi connectivity index (χ4v) is 2.15. The molecule has 0 saturated carbocycles. The molecule has 1 fully saturated rings. The minimum Gasteiger partial charge on any atom is -0.461 e. The first-order valence-corrected chi connectivity index (χ1v) is 5.50. The number of rotatable bonds is 2. The molecule has 1 heterocycles. The summed E-state index contributed by atoms with van der Waals surface area (Å²) in [6, 6.07) is 0. The molecule has 3 heteroatoms. The second kappa shape index (κ2) is 3.62. The van der Waals surface area contributed by atoms with Crippen LogP contribution in [0.1, 0.15) is 47.5 Å². The first-order chi connectivity index (χ1) is 6.74. The number of ether oxygens (including phenoxy) is 1. The van der Waals surface area contributed by atoms with Crippen LogP contribution in [0.4, 0.5) is 0 Å². The van der Waals surface area contributed by atoms with E-state index in [1.807, 2.05) is 20.8 Å². The van der Waals surface area contributed by atoms with Crippen LogP contribution in [0.5, 0.6) is 0 Å². The summed E-state index contributed by atoms with van der Waals surface area (Å²) in [5, 5.41) is 0. The maximum absolute atomic E-state index is 12.2. The van der Waals surface area contributed by atoms with Gasteiger partial charge in [0.25, 0.3) is 0 Å². The van der Waals surface area contributed by atoms with Crippen LogP contribution in [0.3, 0.4) is 0 Å². The first-order valence-electron chi connectivity index (χ1n) is 5.50. The van der Waals surface area contributed by atoms with E-state index in [0.29, 0.717) is 0 Å². The highest BCUT2D eigenvalue weighted by Gasteiger charge is 2.54. The Hall–Kier alpha value is -0.860. The maximum Gasteiger partial charge on any atom is 0.319 e. The molecule has 1 rings (SSSR count). The molecule has 1 aliphatic heterocycles. The lowest BCUT2D eigenvalue weighted by Crippen LogP contribution is -2.55. The summed E-state index contributed by atoms with van der Waals surface area (Å²) in [5.41, 5.74) is -1.55. The Morgan fingerprint density at radius 1 is 1.20 bits per heavy atom. The lowest BCUT2D eigenvalue weighted by Gasteiger charge is -2.43. The molecule has 0 radical (unpaired) electrons. The molecule has 0 bridgehead atoms. The fraction of sp³-hybridized carbons (Fsp3) is 0.833. The number of cyclic esters (lactones) is 1. The van der Waals surface area contributed by atoms with Gasteiger partial charge in [-0.3, -0.25) is 9.59 Å². The third-order valence-corrected chi connectivity index (χ3v) is 3.27. The van der Waals surface area contributed by atoms with Crippen LogP contribution in [0.15, 0.2) is 0 Å². The predicted molar refractivity (Wildman–Crippen MR) is 57.4 cm³/mol. The lowest BCUT2D eigenvalue weighted by molar-refractivity contribution is -0.186. The Labute approximate surface area is 91.2 Å². The summed E-state index contributed by atoms with van der Waals surface area (Å²) in [6.45, 7) is 9.03. The molecule has 1 unspecified atom stereocenters. The first kappa shape index (κ1) is 12.2. The number of hydrogen-bond acceptors (Lipinski definition) is 3. The van der Waals surface area contributed by atoms with E-state index in [-0.39, 0.29) is 17.9 Å². The van der Waals surface area contributed by atoms with Crippen LogP contribution >= 0.6 is 0 Å². The number of Topliss-reactive ketones (excluding diaryl/α,β-unsaturated/α-hetero) is 1. The van der Waals surface area contributed by atoms with Crippen LogP contribution in [-0.4, -0.2) is 17.9 Å². The average molecular weight is 212 g/mol.